The number of piperidine rings is 1. The van der Waals surface area contributed by atoms with Crippen LogP contribution in [-0.4, -0.2) is 53.1 Å². The van der Waals surface area contributed by atoms with E-state index in [2.05, 4.69) is 10.1 Å². The number of nitrogens with zero attached hydrogens (tertiary/aromatic N) is 5. The third-order valence-electron chi connectivity index (χ3n) is 5.34. The zero-order chi connectivity index (χ0) is 17.6. The maximum Gasteiger partial charge on any atom is 0.276 e. The Morgan fingerprint density at radius 3 is 2.92 bits per heavy atom. The first-order chi connectivity index (χ1) is 12.0. The zero-order valence-electron chi connectivity index (χ0n) is 14.9. The second kappa shape index (κ2) is 5.82. The van der Waals surface area contributed by atoms with E-state index >= 15 is 0 Å². The quantitative estimate of drug-likeness (QED) is 0.831. The molecule has 7 heteroatoms. The average molecular weight is 341 g/mol. The lowest BCUT2D eigenvalue weighted by Crippen LogP contribution is -2.48. The number of fused-ring (bicyclic) bond motifs is 2. The fourth-order valence-electron chi connectivity index (χ4n) is 4.08. The van der Waals surface area contributed by atoms with Gasteiger partial charge in [0.25, 0.3) is 5.91 Å². The molecule has 0 saturated carbocycles. The molecule has 132 valence electrons. The van der Waals surface area contributed by atoms with Crippen LogP contribution in [0.2, 0.25) is 0 Å². The van der Waals surface area contributed by atoms with E-state index in [4.69, 9.17) is 9.51 Å². The number of aromatic nitrogens is 3. The Bertz CT molecular complexity index is 812. The Kier molecular flexibility index (Phi) is 3.74. The Balaban J connectivity index is 1.64. The number of hydrogen-bond donors (Lipinski definition) is 0. The van der Waals surface area contributed by atoms with Gasteiger partial charge < -0.3 is 14.3 Å². The van der Waals surface area contributed by atoms with Gasteiger partial charge in [-0.05, 0) is 38.2 Å². The van der Waals surface area contributed by atoms with Crippen molar-refractivity contribution < 1.29 is 9.32 Å². The first-order valence-electron chi connectivity index (χ1n) is 8.75. The third-order valence-corrected chi connectivity index (χ3v) is 5.34. The molecule has 1 aliphatic heterocycles. The van der Waals surface area contributed by atoms with E-state index in [1.807, 2.05) is 30.1 Å². The van der Waals surface area contributed by atoms with E-state index in [0.717, 1.165) is 43.9 Å². The van der Waals surface area contributed by atoms with E-state index in [-0.39, 0.29) is 11.3 Å². The SMILES string of the molecule is Cc1cc(C(=O)N2CCCC3(CCc4cnc(N(C)C)nc43)C2)no1. The maximum atomic E-state index is 12.8. The molecule has 1 saturated heterocycles. The molecule has 1 fully saturated rings. The molecule has 3 heterocycles. The molecule has 1 amide bonds. The van der Waals surface area contributed by atoms with Crippen LogP contribution in [-0.2, 0) is 11.8 Å². The summed E-state index contributed by atoms with van der Waals surface area (Å²) in [5.74, 6) is 1.34. The van der Waals surface area contributed by atoms with Gasteiger partial charge >= 0.3 is 0 Å². The summed E-state index contributed by atoms with van der Waals surface area (Å²) >= 11 is 0. The second-order valence-electron chi connectivity index (χ2n) is 7.37. The fourth-order valence-corrected chi connectivity index (χ4v) is 4.08. The number of carbonyl (C=O) groups is 1. The van der Waals surface area contributed by atoms with Gasteiger partial charge in [0.05, 0.1) is 5.69 Å². The molecule has 4 rings (SSSR count). The topological polar surface area (TPSA) is 75.4 Å². The van der Waals surface area contributed by atoms with Crippen molar-refractivity contribution in [3.05, 3.63) is 35.0 Å². The minimum absolute atomic E-state index is 0.0498. The lowest BCUT2D eigenvalue weighted by Gasteiger charge is -2.40. The van der Waals surface area contributed by atoms with E-state index in [1.54, 1.807) is 13.0 Å². The summed E-state index contributed by atoms with van der Waals surface area (Å²) in [4.78, 5) is 25.9. The van der Waals surface area contributed by atoms with Crippen molar-refractivity contribution in [2.45, 2.75) is 38.0 Å². The Morgan fingerprint density at radius 2 is 2.20 bits per heavy atom. The summed E-state index contributed by atoms with van der Waals surface area (Å²) in [7, 11) is 3.90. The number of carbonyl (C=O) groups excluding carboxylic acids is 1. The van der Waals surface area contributed by atoms with Crippen molar-refractivity contribution in [1.29, 1.82) is 0 Å². The Morgan fingerprint density at radius 1 is 1.36 bits per heavy atom. The first kappa shape index (κ1) is 16.1. The number of aryl methyl sites for hydroxylation is 2. The molecule has 1 unspecified atom stereocenters. The Hall–Kier alpha value is -2.44. The van der Waals surface area contributed by atoms with Gasteiger partial charge in [0, 0.05) is 44.9 Å². The van der Waals surface area contributed by atoms with Crippen molar-refractivity contribution in [2.24, 2.45) is 0 Å². The summed E-state index contributed by atoms with van der Waals surface area (Å²) in [5.41, 5.74) is 2.68. The largest absolute Gasteiger partial charge is 0.361 e. The summed E-state index contributed by atoms with van der Waals surface area (Å²) in [6, 6.07) is 1.71. The van der Waals surface area contributed by atoms with Gasteiger partial charge in [-0.3, -0.25) is 4.79 Å². The normalized spacial score (nSPS) is 22.3. The van der Waals surface area contributed by atoms with E-state index < -0.39 is 0 Å². The lowest BCUT2D eigenvalue weighted by molar-refractivity contribution is 0.0623. The molecule has 2 aromatic rings. The highest BCUT2D eigenvalue weighted by Crippen LogP contribution is 2.44. The van der Waals surface area contributed by atoms with Crippen molar-refractivity contribution in [3.63, 3.8) is 0 Å². The zero-order valence-corrected chi connectivity index (χ0v) is 14.9. The number of amides is 1. The third kappa shape index (κ3) is 2.67. The molecule has 2 aliphatic rings. The van der Waals surface area contributed by atoms with Crippen molar-refractivity contribution in [1.82, 2.24) is 20.0 Å². The summed E-state index contributed by atoms with van der Waals surface area (Å²) in [6.45, 7) is 3.25. The van der Waals surface area contributed by atoms with Gasteiger partial charge in [-0.1, -0.05) is 5.16 Å². The molecule has 0 aromatic carbocycles. The number of likely N-dealkylation sites (tertiary alicyclic amines) is 1. The molecule has 0 N–H and O–H groups in total. The smallest absolute Gasteiger partial charge is 0.276 e. The summed E-state index contributed by atoms with van der Waals surface area (Å²) in [5, 5.41) is 3.89. The highest BCUT2D eigenvalue weighted by Gasteiger charge is 2.45. The van der Waals surface area contributed by atoms with Crippen LogP contribution in [0.3, 0.4) is 0 Å². The fraction of sp³-hybridized carbons (Fsp3) is 0.556. The van der Waals surface area contributed by atoms with Crippen LogP contribution in [0.4, 0.5) is 5.95 Å². The van der Waals surface area contributed by atoms with Gasteiger partial charge in [-0.25, -0.2) is 9.97 Å². The van der Waals surface area contributed by atoms with E-state index in [1.165, 1.54) is 5.56 Å². The van der Waals surface area contributed by atoms with Crippen molar-refractivity contribution >= 4 is 11.9 Å². The molecule has 1 aliphatic carbocycles. The molecular formula is C18H23N5O2. The minimum atomic E-state index is -0.0598. The molecule has 1 atom stereocenters. The standard InChI is InChI=1S/C18H23N5O2/c1-12-9-14(21-25-12)16(24)23-8-4-6-18(11-23)7-5-13-10-19-17(22(2)3)20-15(13)18/h9-10H,4-8,11H2,1-3H3. The van der Waals surface area contributed by atoms with E-state index in [0.29, 0.717) is 18.0 Å². The number of rotatable bonds is 2. The van der Waals surface area contributed by atoms with Crippen LogP contribution >= 0.6 is 0 Å². The van der Waals surface area contributed by atoms with Gasteiger partial charge in [0.15, 0.2) is 5.69 Å². The van der Waals surface area contributed by atoms with E-state index in [9.17, 15) is 4.79 Å². The van der Waals surface area contributed by atoms with Crippen LogP contribution in [0.15, 0.2) is 16.8 Å². The highest BCUT2D eigenvalue weighted by molar-refractivity contribution is 5.92. The Labute approximate surface area is 147 Å². The lowest BCUT2D eigenvalue weighted by atomic mass is 9.77. The summed E-state index contributed by atoms with van der Waals surface area (Å²) < 4.78 is 5.07. The molecule has 0 bridgehead atoms. The molecule has 0 radical (unpaired) electrons. The van der Waals surface area contributed by atoms with Crippen molar-refractivity contribution in [2.75, 3.05) is 32.1 Å². The van der Waals surface area contributed by atoms with Gasteiger partial charge in [-0.15, -0.1) is 0 Å². The maximum absolute atomic E-state index is 12.8. The summed E-state index contributed by atoms with van der Waals surface area (Å²) in [6.07, 6.45) is 5.99. The van der Waals surface area contributed by atoms with Crippen LogP contribution in [0.25, 0.3) is 0 Å². The molecule has 7 nitrogen and oxygen atoms in total. The molecule has 2 aromatic heterocycles. The minimum Gasteiger partial charge on any atom is -0.361 e. The average Bonchev–Trinajstić information content (AvgIpc) is 3.19. The van der Waals surface area contributed by atoms with Crippen LogP contribution < -0.4 is 4.90 Å². The van der Waals surface area contributed by atoms with Gasteiger partial charge in [0.2, 0.25) is 5.95 Å². The van der Waals surface area contributed by atoms with Gasteiger partial charge in [0.1, 0.15) is 5.76 Å². The highest BCUT2D eigenvalue weighted by atomic mass is 16.5. The predicted octanol–water partition coefficient (Wildman–Crippen LogP) is 1.96. The number of anilines is 1. The first-order valence-corrected chi connectivity index (χ1v) is 8.75. The second-order valence-corrected chi connectivity index (χ2v) is 7.37. The van der Waals surface area contributed by atoms with Crippen LogP contribution in [0.1, 0.15) is 46.8 Å². The number of hydrogen-bond acceptors (Lipinski definition) is 6. The van der Waals surface area contributed by atoms with Gasteiger partial charge in [-0.2, -0.15) is 0 Å². The van der Waals surface area contributed by atoms with Crippen LogP contribution in [0.5, 0.6) is 0 Å². The van der Waals surface area contributed by atoms with Crippen molar-refractivity contribution in [3.8, 4) is 0 Å². The molecular weight excluding hydrogens is 318 g/mol. The molecule has 1 spiro atoms. The van der Waals surface area contributed by atoms with Crippen LogP contribution in [0, 0.1) is 6.92 Å². The monoisotopic (exact) mass is 341 g/mol. The predicted molar refractivity (Wildman–Crippen MR) is 92.7 cm³/mol. The molecule has 25 heavy (non-hydrogen) atoms.